The van der Waals surface area contributed by atoms with Crippen molar-refractivity contribution in [3.63, 3.8) is 0 Å². The maximum Gasteiger partial charge on any atom is 0.250 e. The second kappa shape index (κ2) is 2.18. The molecule has 0 aromatic rings. The Labute approximate surface area is 60.6 Å². The predicted molar refractivity (Wildman–Crippen MR) is 37.2 cm³/mol. The van der Waals surface area contributed by atoms with E-state index in [1.165, 1.54) is 0 Å². The van der Waals surface area contributed by atoms with Gasteiger partial charge in [-0.05, 0) is 26.2 Å². The van der Waals surface area contributed by atoms with Crippen LogP contribution < -0.4 is 0 Å². The van der Waals surface area contributed by atoms with Crippen LogP contribution in [0, 0.1) is 5.41 Å². The van der Waals surface area contributed by atoms with Gasteiger partial charge in [-0.3, -0.25) is 0 Å². The highest BCUT2D eigenvalue weighted by molar-refractivity contribution is 5.00. The van der Waals surface area contributed by atoms with Gasteiger partial charge in [0.25, 0.3) is 5.92 Å². The molecule has 1 fully saturated rings. The quantitative estimate of drug-likeness (QED) is 0.576. The van der Waals surface area contributed by atoms with E-state index >= 15 is 0 Å². The van der Waals surface area contributed by atoms with Gasteiger partial charge in [0.15, 0.2) is 0 Å². The molecule has 0 atom stereocenters. The van der Waals surface area contributed by atoms with Gasteiger partial charge in [0.05, 0.1) is 0 Å². The van der Waals surface area contributed by atoms with E-state index in [1.807, 2.05) is 6.92 Å². The number of hydrogen-bond acceptors (Lipinski definition) is 0. The standard InChI is InChI=1S/C8H14F2/c1-3-4-8(5-6-8)7(2,9)10/h3-6H2,1-2H3. The van der Waals surface area contributed by atoms with Crippen LogP contribution in [0.25, 0.3) is 0 Å². The predicted octanol–water partition coefficient (Wildman–Crippen LogP) is 3.22. The molecule has 1 aliphatic rings. The third kappa shape index (κ3) is 1.16. The fourth-order valence-electron chi connectivity index (χ4n) is 1.54. The van der Waals surface area contributed by atoms with Crippen LogP contribution in [0.4, 0.5) is 8.78 Å². The molecule has 10 heavy (non-hydrogen) atoms. The Kier molecular flexibility index (Phi) is 1.73. The summed E-state index contributed by atoms with van der Waals surface area (Å²) in [5.41, 5.74) is -0.595. The van der Waals surface area contributed by atoms with Crippen LogP contribution in [0.1, 0.15) is 39.5 Å². The third-order valence-corrected chi connectivity index (χ3v) is 2.51. The molecule has 1 saturated carbocycles. The van der Waals surface area contributed by atoms with Crippen LogP contribution in [0.3, 0.4) is 0 Å². The van der Waals surface area contributed by atoms with Crippen molar-refractivity contribution in [1.82, 2.24) is 0 Å². The highest BCUT2D eigenvalue weighted by Crippen LogP contribution is 2.59. The first kappa shape index (κ1) is 7.96. The SMILES string of the molecule is CCCC1(C(C)(F)F)CC1. The molecule has 0 bridgehead atoms. The van der Waals surface area contributed by atoms with Gasteiger partial charge < -0.3 is 0 Å². The van der Waals surface area contributed by atoms with Crippen molar-refractivity contribution in [3.8, 4) is 0 Å². The molecule has 0 aromatic carbocycles. The molecule has 2 heteroatoms. The first-order valence-electron chi connectivity index (χ1n) is 3.90. The zero-order valence-electron chi connectivity index (χ0n) is 6.58. The van der Waals surface area contributed by atoms with Gasteiger partial charge in [0, 0.05) is 5.41 Å². The molecule has 1 aliphatic carbocycles. The largest absolute Gasteiger partial charge is 0.250 e. The van der Waals surface area contributed by atoms with Gasteiger partial charge in [-0.25, -0.2) is 8.78 Å². The second-order valence-corrected chi connectivity index (χ2v) is 3.42. The summed E-state index contributed by atoms with van der Waals surface area (Å²) in [6.45, 7) is 3.02. The van der Waals surface area contributed by atoms with E-state index in [2.05, 4.69) is 0 Å². The molecule has 0 spiro atoms. The van der Waals surface area contributed by atoms with Crippen LogP contribution in [0.5, 0.6) is 0 Å². The summed E-state index contributed by atoms with van der Waals surface area (Å²) in [5, 5.41) is 0. The minimum absolute atomic E-state index is 0.595. The molecule has 0 amide bonds. The van der Waals surface area contributed by atoms with E-state index in [1.54, 1.807) is 0 Å². The average Bonchev–Trinajstić information content (AvgIpc) is 2.45. The van der Waals surface area contributed by atoms with E-state index < -0.39 is 11.3 Å². The molecule has 0 radical (unpaired) electrons. The Morgan fingerprint density at radius 1 is 1.40 bits per heavy atom. The second-order valence-electron chi connectivity index (χ2n) is 3.42. The molecule has 0 N–H and O–H groups in total. The number of hydrogen-bond donors (Lipinski definition) is 0. The monoisotopic (exact) mass is 148 g/mol. The zero-order chi connectivity index (χ0) is 7.83. The van der Waals surface area contributed by atoms with E-state index in [0.717, 1.165) is 26.2 Å². The maximum atomic E-state index is 12.7. The van der Waals surface area contributed by atoms with Crippen LogP contribution in [0.2, 0.25) is 0 Å². The van der Waals surface area contributed by atoms with E-state index in [4.69, 9.17) is 0 Å². The lowest BCUT2D eigenvalue weighted by Gasteiger charge is -2.21. The van der Waals surface area contributed by atoms with E-state index in [0.29, 0.717) is 6.42 Å². The summed E-state index contributed by atoms with van der Waals surface area (Å²) in [5.74, 6) is -2.44. The number of alkyl halides is 2. The number of halogens is 2. The van der Waals surface area contributed by atoms with Gasteiger partial charge in [0.2, 0.25) is 0 Å². The van der Waals surface area contributed by atoms with Crippen molar-refractivity contribution in [2.24, 2.45) is 5.41 Å². The molecule has 0 saturated heterocycles. The molecule has 0 aromatic heterocycles. The fourth-order valence-corrected chi connectivity index (χ4v) is 1.54. The van der Waals surface area contributed by atoms with Crippen molar-refractivity contribution in [3.05, 3.63) is 0 Å². The average molecular weight is 148 g/mol. The fraction of sp³-hybridized carbons (Fsp3) is 1.00. The van der Waals surface area contributed by atoms with Crippen molar-refractivity contribution in [1.29, 1.82) is 0 Å². The van der Waals surface area contributed by atoms with Gasteiger partial charge in [-0.15, -0.1) is 0 Å². The van der Waals surface area contributed by atoms with Gasteiger partial charge in [0.1, 0.15) is 0 Å². The van der Waals surface area contributed by atoms with Crippen LogP contribution in [-0.2, 0) is 0 Å². The lowest BCUT2D eigenvalue weighted by atomic mass is 9.94. The normalized spacial score (nSPS) is 22.8. The zero-order valence-corrected chi connectivity index (χ0v) is 6.58. The summed E-state index contributed by atoms with van der Waals surface area (Å²) in [6.07, 6.45) is 3.02. The van der Waals surface area contributed by atoms with Crippen LogP contribution in [0.15, 0.2) is 0 Å². The molecular weight excluding hydrogens is 134 g/mol. The van der Waals surface area contributed by atoms with Crippen LogP contribution >= 0.6 is 0 Å². The van der Waals surface area contributed by atoms with E-state index in [9.17, 15) is 8.78 Å². The number of rotatable bonds is 3. The molecule has 0 unspecified atom stereocenters. The summed E-state index contributed by atoms with van der Waals surface area (Å²) < 4.78 is 25.5. The topological polar surface area (TPSA) is 0 Å². The van der Waals surface area contributed by atoms with E-state index in [-0.39, 0.29) is 0 Å². The Hall–Kier alpha value is -0.140. The van der Waals surface area contributed by atoms with Gasteiger partial charge >= 0.3 is 0 Å². The third-order valence-electron chi connectivity index (χ3n) is 2.51. The summed E-state index contributed by atoms with van der Waals surface area (Å²) in [6, 6.07) is 0. The molecule has 0 heterocycles. The Morgan fingerprint density at radius 2 is 1.90 bits per heavy atom. The van der Waals surface area contributed by atoms with Crippen molar-refractivity contribution in [2.45, 2.75) is 45.5 Å². The molecule has 60 valence electrons. The van der Waals surface area contributed by atoms with Crippen molar-refractivity contribution >= 4 is 0 Å². The summed E-state index contributed by atoms with van der Waals surface area (Å²) in [4.78, 5) is 0. The smallest absolute Gasteiger partial charge is 0.207 e. The molecule has 0 aliphatic heterocycles. The minimum Gasteiger partial charge on any atom is -0.207 e. The molecule has 0 nitrogen and oxygen atoms in total. The lowest BCUT2D eigenvalue weighted by molar-refractivity contribution is -0.0581. The first-order chi connectivity index (χ1) is 4.52. The minimum atomic E-state index is -2.44. The summed E-state index contributed by atoms with van der Waals surface area (Å²) >= 11 is 0. The Morgan fingerprint density at radius 3 is 2.00 bits per heavy atom. The lowest BCUT2D eigenvalue weighted by Crippen LogP contribution is -2.25. The Balaban J connectivity index is 2.52. The van der Waals surface area contributed by atoms with Crippen molar-refractivity contribution in [2.75, 3.05) is 0 Å². The highest BCUT2D eigenvalue weighted by atomic mass is 19.3. The van der Waals surface area contributed by atoms with Gasteiger partial charge in [-0.1, -0.05) is 13.3 Å². The van der Waals surface area contributed by atoms with Crippen LogP contribution in [-0.4, -0.2) is 5.92 Å². The maximum absolute atomic E-state index is 12.7. The highest BCUT2D eigenvalue weighted by Gasteiger charge is 2.57. The summed E-state index contributed by atoms with van der Waals surface area (Å²) in [7, 11) is 0. The van der Waals surface area contributed by atoms with Gasteiger partial charge in [-0.2, -0.15) is 0 Å². The van der Waals surface area contributed by atoms with Crippen molar-refractivity contribution < 1.29 is 8.78 Å². The Bertz CT molecular complexity index is 120. The first-order valence-corrected chi connectivity index (χ1v) is 3.90. The molecular formula is C8H14F2. The molecule has 1 rings (SSSR count).